The highest BCUT2D eigenvalue weighted by Crippen LogP contribution is 2.43. The highest BCUT2D eigenvalue weighted by atomic mass is 35.5. The fourth-order valence-electron chi connectivity index (χ4n) is 3.70. The zero-order valence-electron chi connectivity index (χ0n) is 24.8. The van der Waals surface area contributed by atoms with Crippen LogP contribution in [-0.4, -0.2) is 95.0 Å². The number of amides is 3. The first kappa shape index (κ1) is 38.3. The van der Waals surface area contributed by atoms with Gasteiger partial charge in [-0.05, 0) is 6.42 Å². The van der Waals surface area contributed by atoms with E-state index in [2.05, 4.69) is 14.4 Å². The van der Waals surface area contributed by atoms with E-state index in [0.29, 0.717) is 0 Å². The Bertz CT molecular complexity index is 1490. The lowest BCUT2D eigenvalue weighted by molar-refractivity contribution is -0.201. The van der Waals surface area contributed by atoms with Crippen molar-refractivity contribution in [1.29, 1.82) is 0 Å². The molecule has 0 aliphatic rings. The number of carbonyl (C=O) groups excluding carboxylic acids is 5. The van der Waals surface area contributed by atoms with Gasteiger partial charge in [0.05, 0.1) is 55.1 Å². The fraction of sp³-hybridized carbons (Fsp3) is 0.346. The minimum absolute atomic E-state index is 0.0260. The first-order valence-corrected chi connectivity index (χ1v) is 14.0. The van der Waals surface area contributed by atoms with E-state index < -0.39 is 58.7 Å². The molecule has 0 radical (unpaired) electrons. The van der Waals surface area contributed by atoms with E-state index in [-0.39, 0.29) is 51.6 Å². The molecule has 2 aromatic carbocycles. The average Bonchev–Trinajstić information content (AvgIpc) is 3.00. The second-order valence-electron chi connectivity index (χ2n) is 8.63. The Morgan fingerprint density at radius 2 is 1.24 bits per heavy atom. The van der Waals surface area contributed by atoms with Crippen LogP contribution in [0, 0.1) is 0 Å². The van der Waals surface area contributed by atoms with Crippen molar-refractivity contribution in [1.82, 2.24) is 9.80 Å². The molecule has 0 aliphatic heterocycles. The molecule has 0 fully saturated rings. The molecule has 0 saturated carbocycles. The summed E-state index contributed by atoms with van der Waals surface area (Å²) in [6, 6.07) is 2.23. The molecule has 20 heteroatoms. The lowest BCUT2D eigenvalue weighted by atomic mass is 10.1. The van der Waals surface area contributed by atoms with Gasteiger partial charge in [0, 0.05) is 32.3 Å². The molecule has 0 spiro atoms. The van der Waals surface area contributed by atoms with E-state index in [0.717, 1.165) is 25.2 Å². The van der Waals surface area contributed by atoms with E-state index in [1.54, 1.807) is 0 Å². The van der Waals surface area contributed by atoms with E-state index in [1.165, 1.54) is 32.2 Å². The monoisotopic (exact) mass is 729 g/mol. The van der Waals surface area contributed by atoms with Gasteiger partial charge in [0.15, 0.2) is 11.5 Å². The van der Waals surface area contributed by atoms with Crippen molar-refractivity contribution in [3.05, 3.63) is 43.4 Å². The van der Waals surface area contributed by atoms with Crippen LogP contribution in [0.4, 0.5) is 9.59 Å². The van der Waals surface area contributed by atoms with Crippen LogP contribution in [0.25, 0.3) is 0 Å². The van der Waals surface area contributed by atoms with Crippen molar-refractivity contribution in [2.45, 2.75) is 6.42 Å². The Morgan fingerprint density at radius 1 is 0.717 bits per heavy atom. The number of nitrogens with zero attached hydrogens (tertiary/aromatic N) is 2. The smallest absolute Gasteiger partial charge is 0.437 e. The summed E-state index contributed by atoms with van der Waals surface area (Å²) >= 11 is 25.0. The molecular weight excluding hydrogens is 704 g/mol. The SMILES string of the molecule is COOc1cc(Cl)c(Cl)c(C(=O)N(C)CCCN(CC(N)=O)C(=O)c2c(Cl)c(Cl)cc(OC(=O)OC)c2OC(=O)OC)c1OOC. The number of hydrogen-bond donors (Lipinski definition) is 1. The van der Waals surface area contributed by atoms with Crippen LogP contribution in [0.3, 0.4) is 0 Å². The van der Waals surface area contributed by atoms with Gasteiger partial charge in [0.1, 0.15) is 11.1 Å². The highest BCUT2D eigenvalue weighted by molar-refractivity contribution is 6.45. The number of ether oxygens (including phenoxy) is 4. The molecule has 0 aliphatic carbocycles. The second-order valence-corrected chi connectivity index (χ2v) is 10.2. The maximum atomic E-state index is 13.8. The molecule has 0 aromatic heterocycles. The van der Waals surface area contributed by atoms with Gasteiger partial charge < -0.3 is 44.3 Å². The zero-order valence-corrected chi connectivity index (χ0v) is 27.8. The standard InChI is InChI=1S/C26H27Cl4N3O13/c1-32(23(35)18-20(30)13(28)10-15(45-41-4)22(18)46-42-5)7-6-8-33(11-16(31)34)24(36)17-19(29)12(27)9-14(43-25(37)39-2)21(17)44-26(38)40-3/h9-10H,6-8,11H2,1-5H3,(H2,31,34). The number of carbonyl (C=O) groups is 5. The zero-order chi connectivity index (χ0) is 34.7. The molecule has 3 amide bonds. The fourth-order valence-corrected chi connectivity index (χ4v) is 4.53. The molecule has 252 valence electrons. The summed E-state index contributed by atoms with van der Waals surface area (Å²) in [4.78, 5) is 84.6. The van der Waals surface area contributed by atoms with Crippen LogP contribution in [0.5, 0.6) is 23.0 Å². The molecule has 2 N–H and O–H groups in total. The molecule has 0 heterocycles. The third kappa shape index (κ3) is 9.54. The average molecular weight is 731 g/mol. The molecule has 0 bridgehead atoms. The van der Waals surface area contributed by atoms with Crippen molar-refractivity contribution in [2.24, 2.45) is 5.73 Å². The first-order valence-electron chi connectivity index (χ1n) is 12.5. The van der Waals surface area contributed by atoms with Gasteiger partial charge in [-0.3, -0.25) is 14.4 Å². The number of benzene rings is 2. The maximum absolute atomic E-state index is 13.8. The molecule has 0 atom stereocenters. The molecule has 2 aromatic rings. The minimum atomic E-state index is -1.32. The number of rotatable bonds is 14. The largest absolute Gasteiger partial charge is 0.513 e. The maximum Gasteiger partial charge on any atom is 0.513 e. The first-order chi connectivity index (χ1) is 21.7. The lowest BCUT2D eigenvalue weighted by Gasteiger charge is -2.25. The lowest BCUT2D eigenvalue weighted by Crippen LogP contribution is -2.40. The molecular formula is C26H27Cl4N3O13. The van der Waals surface area contributed by atoms with Gasteiger partial charge in [-0.15, -0.1) is 0 Å². The van der Waals surface area contributed by atoms with E-state index in [1.807, 2.05) is 0 Å². The molecule has 16 nitrogen and oxygen atoms in total. The quantitative estimate of drug-likeness (QED) is 0.123. The topological polar surface area (TPSA) is 192 Å². The summed E-state index contributed by atoms with van der Waals surface area (Å²) in [7, 11) is 5.77. The Labute approximate surface area is 281 Å². The Morgan fingerprint density at radius 3 is 1.76 bits per heavy atom. The Balaban J connectivity index is 2.44. The van der Waals surface area contributed by atoms with Crippen molar-refractivity contribution in [3.8, 4) is 23.0 Å². The molecule has 46 heavy (non-hydrogen) atoms. The van der Waals surface area contributed by atoms with Gasteiger partial charge in [0.2, 0.25) is 17.4 Å². The second kappa shape index (κ2) is 17.7. The third-order valence-corrected chi connectivity index (χ3v) is 7.23. The Hall–Kier alpha value is -3.93. The predicted octanol–water partition coefficient (Wildman–Crippen LogP) is 4.56. The van der Waals surface area contributed by atoms with Crippen molar-refractivity contribution in [2.75, 3.05) is 55.1 Å². The van der Waals surface area contributed by atoms with Gasteiger partial charge in [-0.25, -0.2) is 9.59 Å². The minimum Gasteiger partial charge on any atom is -0.437 e. The van der Waals surface area contributed by atoms with Gasteiger partial charge in [-0.2, -0.15) is 9.78 Å². The summed E-state index contributed by atoms with van der Waals surface area (Å²) in [6.07, 6.45) is -2.55. The summed E-state index contributed by atoms with van der Waals surface area (Å²) in [5, 5.41) is -0.973. The summed E-state index contributed by atoms with van der Waals surface area (Å²) in [6.45, 7) is -0.938. The van der Waals surface area contributed by atoms with Crippen LogP contribution >= 0.6 is 46.4 Å². The van der Waals surface area contributed by atoms with E-state index >= 15 is 0 Å². The van der Waals surface area contributed by atoms with Crippen molar-refractivity contribution >= 4 is 76.4 Å². The van der Waals surface area contributed by atoms with Crippen LogP contribution < -0.4 is 25.0 Å². The third-order valence-electron chi connectivity index (χ3n) is 5.66. The number of nitrogens with two attached hydrogens (primary N) is 1. The normalized spacial score (nSPS) is 10.5. The predicted molar refractivity (Wildman–Crippen MR) is 161 cm³/mol. The number of methoxy groups -OCH3 is 2. The van der Waals surface area contributed by atoms with Crippen molar-refractivity contribution < 1.29 is 62.5 Å². The summed E-state index contributed by atoms with van der Waals surface area (Å²) < 4.78 is 19.0. The number of primary amides is 1. The van der Waals surface area contributed by atoms with E-state index in [9.17, 15) is 24.0 Å². The molecule has 0 saturated heterocycles. The summed E-state index contributed by atoms with van der Waals surface area (Å²) in [5.74, 6) is -4.23. The molecule has 0 unspecified atom stereocenters. The van der Waals surface area contributed by atoms with Gasteiger partial charge >= 0.3 is 12.3 Å². The number of hydrogen-bond acceptors (Lipinski definition) is 13. The van der Waals surface area contributed by atoms with Crippen LogP contribution in [-0.2, 0) is 24.0 Å². The van der Waals surface area contributed by atoms with Crippen LogP contribution in [0.15, 0.2) is 12.1 Å². The molecule has 2 rings (SSSR count). The van der Waals surface area contributed by atoms with E-state index in [4.69, 9.17) is 76.3 Å². The van der Waals surface area contributed by atoms with Crippen molar-refractivity contribution in [3.63, 3.8) is 0 Å². The number of halogens is 4. The summed E-state index contributed by atoms with van der Waals surface area (Å²) in [5.41, 5.74) is 4.57. The van der Waals surface area contributed by atoms with Crippen LogP contribution in [0.2, 0.25) is 20.1 Å². The highest BCUT2D eigenvalue weighted by Gasteiger charge is 2.32. The van der Waals surface area contributed by atoms with Gasteiger partial charge in [0.25, 0.3) is 11.8 Å². The Kier molecular flexibility index (Phi) is 14.7. The van der Waals surface area contributed by atoms with Crippen LogP contribution in [0.1, 0.15) is 27.1 Å². The van der Waals surface area contributed by atoms with Gasteiger partial charge in [-0.1, -0.05) is 46.4 Å².